The highest BCUT2D eigenvalue weighted by Crippen LogP contribution is 2.10. The van der Waals surface area contributed by atoms with Gasteiger partial charge in [-0.2, -0.15) is 0 Å². The van der Waals surface area contributed by atoms with E-state index in [1.54, 1.807) is 0 Å². The lowest BCUT2D eigenvalue weighted by atomic mass is 10.1. The molecule has 17 heavy (non-hydrogen) atoms. The lowest BCUT2D eigenvalue weighted by Crippen LogP contribution is -2.53. The fourth-order valence-corrected chi connectivity index (χ4v) is 2.11. The highest BCUT2D eigenvalue weighted by atomic mass is 16.5. The van der Waals surface area contributed by atoms with Crippen LogP contribution in [0.4, 0.5) is 0 Å². The Labute approximate surface area is 104 Å². The average molecular weight is 234 g/mol. The van der Waals surface area contributed by atoms with E-state index < -0.39 is 0 Å². The van der Waals surface area contributed by atoms with E-state index >= 15 is 0 Å². The minimum atomic E-state index is 0.481. The van der Waals surface area contributed by atoms with Crippen LogP contribution in [0.1, 0.15) is 12.5 Å². The van der Waals surface area contributed by atoms with Crippen molar-refractivity contribution in [1.29, 1.82) is 0 Å². The molecule has 94 valence electrons. The number of likely N-dealkylation sites (tertiary alicyclic amines) is 1. The zero-order chi connectivity index (χ0) is 11.9. The largest absolute Gasteiger partial charge is 0.376 e. The minimum absolute atomic E-state index is 0.481. The summed E-state index contributed by atoms with van der Waals surface area (Å²) in [6.07, 6.45) is 0.481. The first-order valence-corrected chi connectivity index (χ1v) is 6.47. The van der Waals surface area contributed by atoms with Crippen molar-refractivity contribution < 1.29 is 4.74 Å². The molecule has 1 saturated heterocycles. The fraction of sp³-hybridized carbons (Fsp3) is 0.571. The van der Waals surface area contributed by atoms with E-state index in [1.165, 1.54) is 5.56 Å². The van der Waals surface area contributed by atoms with Gasteiger partial charge in [0.25, 0.3) is 0 Å². The molecule has 0 spiro atoms. The monoisotopic (exact) mass is 234 g/mol. The second-order valence-corrected chi connectivity index (χ2v) is 4.50. The fourth-order valence-electron chi connectivity index (χ4n) is 2.11. The molecule has 1 fully saturated rings. The quantitative estimate of drug-likeness (QED) is 0.724. The molecule has 0 aliphatic carbocycles. The highest BCUT2D eigenvalue weighted by molar-refractivity contribution is 5.14. The number of ether oxygens (including phenoxy) is 1. The third-order valence-corrected chi connectivity index (χ3v) is 3.10. The van der Waals surface area contributed by atoms with Gasteiger partial charge in [-0.3, -0.25) is 4.90 Å². The summed E-state index contributed by atoms with van der Waals surface area (Å²) in [4.78, 5) is 2.43. The molecule has 1 aromatic rings. The van der Waals surface area contributed by atoms with Gasteiger partial charge in [-0.25, -0.2) is 0 Å². The Balaban J connectivity index is 1.50. The van der Waals surface area contributed by atoms with Gasteiger partial charge in [-0.15, -0.1) is 0 Å². The zero-order valence-corrected chi connectivity index (χ0v) is 10.6. The van der Waals surface area contributed by atoms with Crippen molar-refractivity contribution in [2.45, 2.75) is 19.6 Å². The van der Waals surface area contributed by atoms with Crippen LogP contribution in [0.25, 0.3) is 0 Å². The molecule has 3 heteroatoms. The number of rotatable bonds is 7. The summed E-state index contributed by atoms with van der Waals surface area (Å²) in [6.45, 7) is 8.23. The number of benzene rings is 1. The molecule has 0 unspecified atom stereocenters. The predicted molar refractivity (Wildman–Crippen MR) is 70.0 cm³/mol. The Bertz CT molecular complexity index is 309. The van der Waals surface area contributed by atoms with Crippen LogP contribution in [0.2, 0.25) is 0 Å². The zero-order valence-electron chi connectivity index (χ0n) is 10.6. The van der Waals surface area contributed by atoms with E-state index in [2.05, 4.69) is 47.5 Å². The van der Waals surface area contributed by atoms with Crippen LogP contribution >= 0.6 is 0 Å². The van der Waals surface area contributed by atoms with Gasteiger partial charge >= 0.3 is 0 Å². The normalized spacial score (nSPS) is 17.0. The van der Waals surface area contributed by atoms with Gasteiger partial charge in [0.05, 0.1) is 6.10 Å². The summed E-state index contributed by atoms with van der Waals surface area (Å²) < 4.78 is 5.52. The molecule has 0 saturated carbocycles. The Hall–Kier alpha value is -0.900. The molecule has 0 atom stereocenters. The molecule has 0 aromatic heterocycles. The second kappa shape index (κ2) is 6.74. The van der Waals surface area contributed by atoms with Crippen LogP contribution in [-0.4, -0.2) is 43.8 Å². The molecule has 0 amide bonds. The van der Waals surface area contributed by atoms with E-state index in [-0.39, 0.29) is 0 Å². The lowest BCUT2D eigenvalue weighted by molar-refractivity contribution is -0.0486. The van der Waals surface area contributed by atoms with Gasteiger partial charge in [-0.05, 0) is 12.5 Å². The van der Waals surface area contributed by atoms with Gasteiger partial charge in [0.1, 0.15) is 0 Å². The van der Waals surface area contributed by atoms with Crippen LogP contribution in [0.5, 0.6) is 0 Å². The van der Waals surface area contributed by atoms with E-state index in [1.807, 2.05) is 0 Å². The second-order valence-electron chi connectivity index (χ2n) is 4.50. The molecule has 0 bridgehead atoms. The first-order chi connectivity index (χ1) is 8.38. The molecule has 1 aromatic carbocycles. The van der Waals surface area contributed by atoms with E-state index in [9.17, 15) is 0 Å². The molecular formula is C14H22N2O. The highest BCUT2D eigenvalue weighted by Gasteiger charge is 2.25. The standard InChI is InChI=1S/C14H22N2O/c1-2-17-14-11-16(12-14)9-8-15-10-13-6-4-3-5-7-13/h3-7,14-15H,2,8-12H2,1H3. The van der Waals surface area contributed by atoms with Crippen molar-refractivity contribution in [3.63, 3.8) is 0 Å². The molecule has 1 aliphatic rings. The summed E-state index contributed by atoms with van der Waals surface area (Å²) in [5.74, 6) is 0. The topological polar surface area (TPSA) is 24.5 Å². The number of hydrogen-bond donors (Lipinski definition) is 1. The van der Waals surface area contributed by atoms with E-state index in [0.29, 0.717) is 6.10 Å². The van der Waals surface area contributed by atoms with Crippen LogP contribution in [0, 0.1) is 0 Å². The summed E-state index contributed by atoms with van der Waals surface area (Å²) in [7, 11) is 0. The summed E-state index contributed by atoms with van der Waals surface area (Å²) in [6, 6.07) is 10.5. The maximum Gasteiger partial charge on any atom is 0.0828 e. The van der Waals surface area contributed by atoms with Crippen molar-refractivity contribution in [2.24, 2.45) is 0 Å². The maximum absolute atomic E-state index is 5.52. The Kier molecular flexibility index (Phi) is 4.98. The molecule has 0 radical (unpaired) electrons. The molecular weight excluding hydrogens is 212 g/mol. The Morgan fingerprint density at radius 3 is 2.76 bits per heavy atom. The van der Waals surface area contributed by atoms with Crippen molar-refractivity contribution in [3.8, 4) is 0 Å². The van der Waals surface area contributed by atoms with Crippen molar-refractivity contribution in [2.75, 3.05) is 32.8 Å². The van der Waals surface area contributed by atoms with Gasteiger partial charge in [0.2, 0.25) is 0 Å². The molecule has 1 N–H and O–H groups in total. The van der Waals surface area contributed by atoms with Crippen molar-refractivity contribution in [1.82, 2.24) is 10.2 Å². The van der Waals surface area contributed by atoms with Gasteiger partial charge in [0, 0.05) is 39.3 Å². The number of hydrogen-bond acceptors (Lipinski definition) is 3. The van der Waals surface area contributed by atoms with Gasteiger partial charge in [0.15, 0.2) is 0 Å². The average Bonchev–Trinajstić information content (AvgIpc) is 2.32. The smallest absolute Gasteiger partial charge is 0.0828 e. The SMILES string of the molecule is CCOC1CN(CCNCc2ccccc2)C1. The Morgan fingerprint density at radius 1 is 1.29 bits per heavy atom. The van der Waals surface area contributed by atoms with Crippen LogP contribution in [0.15, 0.2) is 30.3 Å². The number of nitrogens with one attached hydrogen (secondary N) is 1. The van der Waals surface area contributed by atoms with Crippen molar-refractivity contribution >= 4 is 0 Å². The van der Waals surface area contributed by atoms with E-state index in [4.69, 9.17) is 4.74 Å². The molecule has 1 heterocycles. The first kappa shape index (κ1) is 12.6. The van der Waals surface area contributed by atoms with Crippen LogP contribution in [-0.2, 0) is 11.3 Å². The van der Waals surface area contributed by atoms with Crippen molar-refractivity contribution in [3.05, 3.63) is 35.9 Å². The summed E-state index contributed by atoms with van der Waals surface area (Å²) in [5, 5.41) is 3.47. The van der Waals surface area contributed by atoms with E-state index in [0.717, 1.165) is 39.3 Å². The lowest BCUT2D eigenvalue weighted by Gasteiger charge is -2.38. The third-order valence-electron chi connectivity index (χ3n) is 3.10. The molecule has 2 rings (SSSR count). The molecule has 1 aliphatic heterocycles. The number of nitrogens with zero attached hydrogens (tertiary/aromatic N) is 1. The predicted octanol–water partition coefficient (Wildman–Crippen LogP) is 1.50. The first-order valence-electron chi connectivity index (χ1n) is 6.47. The Morgan fingerprint density at radius 2 is 2.06 bits per heavy atom. The molecule has 3 nitrogen and oxygen atoms in total. The minimum Gasteiger partial charge on any atom is -0.376 e. The maximum atomic E-state index is 5.52. The summed E-state index contributed by atoms with van der Waals surface area (Å²) >= 11 is 0. The van der Waals surface area contributed by atoms with Gasteiger partial charge < -0.3 is 10.1 Å². The third kappa shape index (κ3) is 4.11. The summed E-state index contributed by atoms with van der Waals surface area (Å²) in [5.41, 5.74) is 1.35. The van der Waals surface area contributed by atoms with Crippen LogP contribution in [0.3, 0.4) is 0 Å². The van der Waals surface area contributed by atoms with Crippen LogP contribution < -0.4 is 5.32 Å². The van der Waals surface area contributed by atoms with Gasteiger partial charge in [-0.1, -0.05) is 30.3 Å².